The third-order valence-corrected chi connectivity index (χ3v) is 6.95. The van der Waals surface area contributed by atoms with Gasteiger partial charge in [-0.1, -0.05) is 139 Å². The van der Waals surface area contributed by atoms with Crippen LogP contribution in [0.4, 0.5) is 0 Å². The Morgan fingerprint density at radius 1 is 0.349 bits per heavy atom. The second kappa shape index (κ2) is 9.44. The Hall–Kier alpha value is -5.66. The third-order valence-electron chi connectivity index (χ3n) is 6.95. The Labute approximate surface area is 285 Å². The van der Waals surface area contributed by atoms with Gasteiger partial charge in [0.25, 0.3) is 0 Å². The maximum atomic E-state index is 9.51. The van der Waals surface area contributed by atoms with Gasteiger partial charge in [0.1, 0.15) is 11.2 Å². The highest BCUT2D eigenvalue weighted by Gasteiger charge is 2.17. The molecule has 0 bridgehead atoms. The van der Waals surface area contributed by atoms with Crippen LogP contribution < -0.4 is 0 Å². The molecule has 9 rings (SSSR count). The lowest BCUT2D eigenvalue weighted by molar-refractivity contribution is 0.669. The topological polar surface area (TPSA) is 13.1 Å². The molecule has 0 saturated heterocycles. The zero-order valence-electron chi connectivity index (χ0n) is 47.4. The molecule has 0 radical (unpaired) electrons. The summed E-state index contributed by atoms with van der Waals surface area (Å²) in [5.74, 6) is 0. The molecule has 0 aliphatic rings. The van der Waals surface area contributed by atoms with Gasteiger partial charge in [0.2, 0.25) is 0 Å². The van der Waals surface area contributed by atoms with E-state index in [1.54, 1.807) is 0 Å². The van der Waals surface area contributed by atoms with Gasteiger partial charge in [-0.05, 0) is 83.8 Å². The Balaban J connectivity index is 1.51. The van der Waals surface area contributed by atoms with Crippen molar-refractivity contribution >= 4 is 54.3 Å². The second-order valence-electron chi connectivity index (χ2n) is 9.26. The van der Waals surface area contributed by atoms with Gasteiger partial charge in [0.15, 0.2) is 0 Å². The second-order valence-corrected chi connectivity index (χ2v) is 9.26. The SMILES string of the molecule is [2H]c1c([2H])c([2H])c(-c2c3c([2H])c([2H])c([2H])c([2H])c3c(-c3c([2H])c([2H])c(-c4c([2H])c([2H])c5oc6c([2H])c([2H])c7c([2H])c([2H])c([2H])c([2H])c7c6c5c4[2H])c([2H])c3[2H])c3c([2H])c([2H])c([2H])c([2H])c23)c([2H])c1[2H]. The van der Waals surface area contributed by atoms with E-state index in [2.05, 4.69) is 0 Å². The third kappa shape index (κ3) is 3.72. The molecule has 0 saturated carbocycles. The first-order valence-electron chi connectivity index (χ1n) is 25.7. The lowest BCUT2D eigenvalue weighted by Crippen LogP contribution is -1.90. The normalized spacial score (nSPS) is 20.2. The lowest BCUT2D eigenvalue weighted by atomic mass is 9.86. The molecule has 43 heavy (non-hydrogen) atoms. The van der Waals surface area contributed by atoms with E-state index in [0.29, 0.717) is 0 Å². The van der Waals surface area contributed by atoms with Crippen LogP contribution in [0.1, 0.15) is 35.6 Å². The summed E-state index contributed by atoms with van der Waals surface area (Å²) in [6.07, 6.45) is 0. The molecule has 9 aromatic rings. The van der Waals surface area contributed by atoms with Crippen LogP contribution in [0.2, 0.25) is 0 Å². The molecular formula is C42H26O. The molecule has 200 valence electrons. The maximum Gasteiger partial charge on any atom is 0.136 e. The first-order chi connectivity index (χ1) is 32.2. The monoisotopic (exact) mass is 572 g/mol. The smallest absolute Gasteiger partial charge is 0.136 e. The highest BCUT2D eigenvalue weighted by molar-refractivity contribution is 6.22. The van der Waals surface area contributed by atoms with E-state index in [0.717, 1.165) is 0 Å². The first kappa shape index (κ1) is 9.69. The zero-order chi connectivity index (χ0) is 51.0. The number of furan rings is 1. The van der Waals surface area contributed by atoms with Crippen molar-refractivity contribution in [2.24, 2.45) is 0 Å². The van der Waals surface area contributed by atoms with Crippen molar-refractivity contribution in [1.29, 1.82) is 0 Å². The van der Waals surface area contributed by atoms with Gasteiger partial charge in [-0.25, -0.2) is 0 Å². The number of fused-ring (bicyclic) bond motifs is 7. The van der Waals surface area contributed by atoms with Crippen LogP contribution in [0.3, 0.4) is 0 Å². The minimum atomic E-state index is -1.07. The Kier molecular flexibility index (Phi) is 2.13. The largest absolute Gasteiger partial charge is 0.456 e. The highest BCUT2D eigenvalue weighted by atomic mass is 16.3. The van der Waals surface area contributed by atoms with Crippen LogP contribution in [0.5, 0.6) is 0 Å². The number of rotatable bonds is 3. The minimum Gasteiger partial charge on any atom is -0.456 e. The number of benzene rings is 8. The molecule has 0 aliphatic heterocycles. The van der Waals surface area contributed by atoms with E-state index in [1.807, 2.05) is 0 Å². The summed E-state index contributed by atoms with van der Waals surface area (Å²) in [6.45, 7) is 0. The molecule has 1 heterocycles. The molecule has 0 unspecified atom stereocenters. The van der Waals surface area contributed by atoms with Crippen molar-refractivity contribution in [1.82, 2.24) is 0 Å². The predicted octanol–water partition coefficient (Wildman–Crippen LogP) is 12.0. The maximum absolute atomic E-state index is 9.51. The van der Waals surface area contributed by atoms with Crippen LogP contribution >= 0.6 is 0 Å². The number of hydrogen-bond donors (Lipinski definition) is 0. The molecule has 1 nitrogen and oxygen atoms in total. The highest BCUT2D eigenvalue weighted by Crippen LogP contribution is 2.44. The molecular weight excluding hydrogens is 520 g/mol. The fourth-order valence-electron chi connectivity index (χ4n) is 5.14. The van der Waals surface area contributed by atoms with E-state index in [9.17, 15) is 9.60 Å². The summed E-state index contributed by atoms with van der Waals surface area (Å²) in [5.41, 5.74) is -5.55. The zero-order valence-corrected chi connectivity index (χ0v) is 21.4. The molecule has 1 heteroatoms. The molecule has 0 amide bonds. The van der Waals surface area contributed by atoms with Crippen LogP contribution in [0, 0.1) is 0 Å². The Bertz CT molecular complexity index is 3830. The van der Waals surface area contributed by atoms with Crippen LogP contribution in [0.15, 0.2) is 162 Å². The van der Waals surface area contributed by atoms with Crippen molar-refractivity contribution < 1.29 is 40.1 Å². The van der Waals surface area contributed by atoms with E-state index in [4.69, 9.17) is 30.5 Å². The van der Waals surface area contributed by atoms with E-state index < -0.39 is 234 Å². The van der Waals surface area contributed by atoms with Gasteiger partial charge in [0, 0.05) is 10.8 Å². The summed E-state index contributed by atoms with van der Waals surface area (Å²) in [6, 6.07) is -23.3. The summed E-state index contributed by atoms with van der Waals surface area (Å²) < 4.78 is 237. The van der Waals surface area contributed by atoms with Gasteiger partial charge >= 0.3 is 0 Å². The fraction of sp³-hybridized carbons (Fsp3) is 0. The van der Waals surface area contributed by atoms with Crippen molar-refractivity contribution in [3.63, 3.8) is 0 Å². The van der Waals surface area contributed by atoms with Crippen LogP contribution in [-0.4, -0.2) is 0 Å². The molecule has 0 spiro atoms. The van der Waals surface area contributed by atoms with Crippen molar-refractivity contribution in [2.45, 2.75) is 0 Å². The summed E-state index contributed by atoms with van der Waals surface area (Å²) >= 11 is 0. The van der Waals surface area contributed by atoms with Gasteiger partial charge in [-0.2, -0.15) is 0 Å². The van der Waals surface area contributed by atoms with Gasteiger partial charge in [-0.15, -0.1) is 0 Å². The first-order valence-corrected chi connectivity index (χ1v) is 12.7. The van der Waals surface area contributed by atoms with E-state index in [-0.39, 0.29) is 10.8 Å². The van der Waals surface area contributed by atoms with Gasteiger partial charge in [0.05, 0.1) is 35.6 Å². The van der Waals surface area contributed by atoms with E-state index in [1.165, 1.54) is 0 Å². The molecule has 1 aromatic heterocycles. The molecule has 0 fully saturated rings. The lowest BCUT2D eigenvalue weighted by Gasteiger charge is -2.18. The minimum absolute atomic E-state index is 0.347. The Morgan fingerprint density at radius 3 is 1.49 bits per heavy atom. The summed E-state index contributed by atoms with van der Waals surface area (Å²) in [5, 5.41) is -4.38. The van der Waals surface area contributed by atoms with Crippen LogP contribution in [-0.2, 0) is 0 Å². The van der Waals surface area contributed by atoms with E-state index >= 15 is 0 Å². The average Bonchev–Trinajstić information content (AvgIpc) is 3.73. The molecule has 0 N–H and O–H groups in total. The van der Waals surface area contributed by atoms with Crippen molar-refractivity contribution in [2.75, 3.05) is 0 Å². The van der Waals surface area contributed by atoms with Crippen molar-refractivity contribution in [3.8, 4) is 33.4 Å². The van der Waals surface area contributed by atoms with Gasteiger partial charge in [-0.3, -0.25) is 0 Å². The average molecular weight is 573 g/mol. The molecule has 8 aromatic carbocycles. The quantitative estimate of drug-likeness (QED) is 0.192. The standard InChI is InChI=1S/C42H26O/c1-2-11-29(12-3-1)40-33-14-6-8-16-35(33)41(36-17-9-7-15-34(36)40)30-20-18-27(19-21-30)31-23-24-38-37(26-31)42-32-13-5-4-10-28(32)22-25-39(42)43-38/h1-26H/i1D,2D,3D,4D,5D,6D,7D,8D,9D,10D,11D,12D,13D,14D,15D,16D,17D,18D,19D,20D,21D,22D,23D,24D,25D,26D. The predicted molar refractivity (Wildman–Crippen MR) is 183 cm³/mol. The summed E-state index contributed by atoms with van der Waals surface area (Å²) in [4.78, 5) is 0. The fourth-order valence-corrected chi connectivity index (χ4v) is 5.14. The number of hydrogen-bond acceptors (Lipinski definition) is 1. The molecule has 0 atom stereocenters. The summed E-state index contributed by atoms with van der Waals surface area (Å²) in [7, 11) is 0. The molecule has 0 aliphatic carbocycles. The van der Waals surface area contributed by atoms with Crippen molar-refractivity contribution in [3.05, 3.63) is 157 Å². The van der Waals surface area contributed by atoms with Gasteiger partial charge < -0.3 is 4.42 Å². The van der Waals surface area contributed by atoms with Crippen LogP contribution in [0.25, 0.3) is 87.6 Å². The Morgan fingerprint density at radius 2 is 0.837 bits per heavy atom.